The van der Waals surface area contributed by atoms with E-state index in [1.165, 1.54) is 32.4 Å². The summed E-state index contributed by atoms with van der Waals surface area (Å²) >= 11 is 0. The quantitative estimate of drug-likeness (QED) is 0.555. The normalized spacial score (nSPS) is 16.1. The predicted octanol–water partition coefficient (Wildman–Crippen LogP) is 4.19. The molecule has 0 aromatic heterocycles. The highest BCUT2D eigenvalue weighted by molar-refractivity contribution is 5.96. The molecular weight excluding hydrogens is 272 g/mol. The van der Waals surface area contributed by atoms with Crippen LogP contribution in [0.2, 0.25) is 0 Å². The molecule has 1 aromatic rings. The Bertz CT molecular complexity index is 450. The number of carbonyl (C=O) groups is 1. The number of likely N-dealkylation sites (tertiary alicyclic amines) is 1. The second-order valence-electron chi connectivity index (χ2n) is 5.79. The fourth-order valence-electron chi connectivity index (χ4n) is 2.84. The lowest BCUT2D eigenvalue weighted by atomic mass is 10.0. The molecule has 1 saturated heterocycles. The van der Waals surface area contributed by atoms with Gasteiger partial charge in [-0.2, -0.15) is 0 Å². The average Bonchev–Trinajstić information content (AvgIpc) is 2.47. The number of benzene rings is 1. The second kappa shape index (κ2) is 8.23. The van der Waals surface area contributed by atoms with E-state index >= 15 is 0 Å². The Morgan fingerprint density at radius 2 is 1.62 bits per heavy atom. The summed E-state index contributed by atoms with van der Waals surface area (Å²) < 4.78 is 26.1. The van der Waals surface area contributed by atoms with E-state index in [9.17, 15) is 13.6 Å². The van der Waals surface area contributed by atoms with E-state index in [-0.39, 0.29) is 11.3 Å². The zero-order valence-electron chi connectivity index (χ0n) is 12.4. The van der Waals surface area contributed by atoms with Crippen molar-refractivity contribution in [3.8, 4) is 0 Å². The molecule has 1 heterocycles. The van der Waals surface area contributed by atoms with Gasteiger partial charge in [0.1, 0.15) is 11.6 Å². The lowest BCUT2D eigenvalue weighted by molar-refractivity contribution is 0.0977. The first kappa shape index (κ1) is 16.1. The standard InChI is InChI=1S/C17H23F2NO/c18-15-11-14(12-16(19)13-15)17(21)7-3-1-4-8-20-9-5-2-6-10-20/h11-13H,1-10H2. The molecule has 0 saturated carbocycles. The summed E-state index contributed by atoms with van der Waals surface area (Å²) in [4.78, 5) is 14.3. The van der Waals surface area contributed by atoms with Crippen LogP contribution in [0.1, 0.15) is 55.3 Å². The fraction of sp³-hybridized carbons (Fsp3) is 0.588. The predicted molar refractivity (Wildman–Crippen MR) is 79.4 cm³/mol. The van der Waals surface area contributed by atoms with Crippen molar-refractivity contribution in [3.05, 3.63) is 35.4 Å². The van der Waals surface area contributed by atoms with Gasteiger partial charge in [-0.05, 0) is 57.5 Å². The molecule has 2 rings (SSSR count). The maximum absolute atomic E-state index is 13.0. The van der Waals surface area contributed by atoms with Gasteiger partial charge in [-0.1, -0.05) is 12.8 Å². The number of hydrogen-bond acceptors (Lipinski definition) is 2. The van der Waals surface area contributed by atoms with Crippen molar-refractivity contribution >= 4 is 5.78 Å². The first-order valence-electron chi connectivity index (χ1n) is 7.87. The zero-order valence-corrected chi connectivity index (χ0v) is 12.4. The summed E-state index contributed by atoms with van der Waals surface area (Å²) in [5.41, 5.74) is 0.142. The van der Waals surface area contributed by atoms with Crippen molar-refractivity contribution in [1.29, 1.82) is 0 Å². The minimum Gasteiger partial charge on any atom is -0.303 e. The highest BCUT2D eigenvalue weighted by atomic mass is 19.1. The van der Waals surface area contributed by atoms with Gasteiger partial charge in [-0.3, -0.25) is 4.79 Å². The van der Waals surface area contributed by atoms with E-state index in [4.69, 9.17) is 0 Å². The van der Waals surface area contributed by atoms with Crippen LogP contribution in [-0.2, 0) is 0 Å². The van der Waals surface area contributed by atoms with Crippen molar-refractivity contribution in [1.82, 2.24) is 4.90 Å². The van der Waals surface area contributed by atoms with Crippen LogP contribution in [0.25, 0.3) is 0 Å². The largest absolute Gasteiger partial charge is 0.303 e. The Balaban J connectivity index is 1.64. The van der Waals surface area contributed by atoms with Crippen LogP contribution in [0, 0.1) is 11.6 Å². The van der Waals surface area contributed by atoms with E-state index < -0.39 is 11.6 Å². The Labute approximate surface area is 125 Å². The molecule has 1 aromatic carbocycles. The molecule has 0 bridgehead atoms. The van der Waals surface area contributed by atoms with E-state index in [0.29, 0.717) is 6.42 Å². The van der Waals surface area contributed by atoms with E-state index in [2.05, 4.69) is 4.90 Å². The first-order valence-corrected chi connectivity index (χ1v) is 7.87. The molecule has 0 aliphatic carbocycles. The highest BCUT2D eigenvalue weighted by Gasteiger charge is 2.11. The lowest BCUT2D eigenvalue weighted by Crippen LogP contribution is -2.30. The molecule has 2 nitrogen and oxygen atoms in total. The summed E-state index contributed by atoms with van der Waals surface area (Å²) in [7, 11) is 0. The van der Waals surface area contributed by atoms with Crippen LogP contribution in [-0.4, -0.2) is 30.3 Å². The maximum Gasteiger partial charge on any atom is 0.163 e. The van der Waals surface area contributed by atoms with Gasteiger partial charge in [0.15, 0.2) is 5.78 Å². The van der Waals surface area contributed by atoms with Crippen molar-refractivity contribution < 1.29 is 13.6 Å². The van der Waals surface area contributed by atoms with Gasteiger partial charge in [0, 0.05) is 18.1 Å². The Morgan fingerprint density at radius 1 is 0.952 bits per heavy atom. The third-order valence-electron chi connectivity index (χ3n) is 4.01. The number of halogens is 2. The average molecular weight is 295 g/mol. The molecule has 116 valence electrons. The molecule has 0 N–H and O–H groups in total. The Morgan fingerprint density at radius 3 is 2.29 bits per heavy atom. The second-order valence-corrected chi connectivity index (χ2v) is 5.79. The van der Waals surface area contributed by atoms with Crippen LogP contribution >= 0.6 is 0 Å². The SMILES string of the molecule is O=C(CCCCCN1CCCCC1)c1cc(F)cc(F)c1. The van der Waals surface area contributed by atoms with Crippen molar-refractivity contribution in [2.24, 2.45) is 0 Å². The molecular formula is C17H23F2NO. The number of ketones is 1. The van der Waals surface area contributed by atoms with Crippen LogP contribution < -0.4 is 0 Å². The Hall–Kier alpha value is -1.29. The number of nitrogens with zero attached hydrogens (tertiary/aromatic N) is 1. The summed E-state index contributed by atoms with van der Waals surface area (Å²) in [5, 5.41) is 0. The molecule has 0 amide bonds. The smallest absolute Gasteiger partial charge is 0.163 e. The molecule has 0 unspecified atom stereocenters. The molecule has 1 aliphatic heterocycles. The molecule has 0 atom stereocenters. The number of hydrogen-bond donors (Lipinski definition) is 0. The summed E-state index contributed by atoms with van der Waals surface area (Å²) in [6, 6.07) is 3.01. The van der Waals surface area contributed by atoms with Crippen molar-refractivity contribution in [2.45, 2.75) is 44.9 Å². The van der Waals surface area contributed by atoms with Crippen molar-refractivity contribution in [2.75, 3.05) is 19.6 Å². The molecule has 21 heavy (non-hydrogen) atoms. The van der Waals surface area contributed by atoms with Gasteiger partial charge < -0.3 is 4.90 Å². The van der Waals surface area contributed by atoms with Gasteiger partial charge in [0.05, 0.1) is 0 Å². The minimum absolute atomic E-state index is 0.142. The molecule has 1 fully saturated rings. The summed E-state index contributed by atoms with van der Waals surface area (Å²) in [6.45, 7) is 3.49. The van der Waals surface area contributed by atoms with Crippen LogP contribution in [0.5, 0.6) is 0 Å². The van der Waals surface area contributed by atoms with Gasteiger partial charge in [-0.25, -0.2) is 8.78 Å². The Kier molecular flexibility index (Phi) is 6.30. The third kappa shape index (κ3) is 5.54. The zero-order chi connectivity index (χ0) is 15.1. The number of piperidine rings is 1. The molecule has 4 heteroatoms. The van der Waals surface area contributed by atoms with E-state index in [0.717, 1.165) is 44.0 Å². The monoisotopic (exact) mass is 295 g/mol. The third-order valence-corrected chi connectivity index (χ3v) is 4.01. The van der Waals surface area contributed by atoms with Crippen LogP contribution in [0.3, 0.4) is 0 Å². The van der Waals surface area contributed by atoms with Gasteiger partial charge in [-0.15, -0.1) is 0 Å². The number of rotatable bonds is 7. The number of carbonyl (C=O) groups excluding carboxylic acids is 1. The van der Waals surface area contributed by atoms with E-state index in [1.54, 1.807) is 0 Å². The number of Topliss-reactive ketones (excluding diaryl/α,β-unsaturated/α-hetero) is 1. The van der Waals surface area contributed by atoms with Gasteiger partial charge in [0.2, 0.25) is 0 Å². The van der Waals surface area contributed by atoms with Crippen LogP contribution in [0.15, 0.2) is 18.2 Å². The summed E-state index contributed by atoms with van der Waals surface area (Å²) in [6.07, 6.45) is 7.15. The van der Waals surface area contributed by atoms with Gasteiger partial charge in [0.25, 0.3) is 0 Å². The van der Waals surface area contributed by atoms with E-state index in [1.807, 2.05) is 0 Å². The molecule has 0 radical (unpaired) electrons. The molecule has 1 aliphatic rings. The summed E-state index contributed by atoms with van der Waals surface area (Å²) in [5.74, 6) is -1.56. The maximum atomic E-state index is 13.0. The van der Waals surface area contributed by atoms with Gasteiger partial charge >= 0.3 is 0 Å². The fourth-order valence-corrected chi connectivity index (χ4v) is 2.84. The van der Waals surface area contributed by atoms with Crippen molar-refractivity contribution in [3.63, 3.8) is 0 Å². The lowest BCUT2D eigenvalue weighted by Gasteiger charge is -2.26. The first-order chi connectivity index (χ1) is 10.1. The highest BCUT2D eigenvalue weighted by Crippen LogP contribution is 2.14. The molecule has 0 spiro atoms. The van der Waals surface area contributed by atoms with Crippen LogP contribution in [0.4, 0.5) is 8.78 Å². The minimum atomic E-state index is -0.691. The number of unbranched alkanes of at least 4 members (excludes halogenated alkanes) is 2. The topological polar surface area (TPSA) is 20.3 Å².